The summed E-state index contributed by atoms with van der Waals surface area (Å²) in [6.45, 7) is 0.416. The van der Waals surface area contributed by atoms with Gasteiger partial charge in [0.2, 0.25) is 0 Å². The molecular formula is C8H12N2O2S. The summed E-state index contributed by atoms with van der Waals surface area (Å²) in [7, 11) is 1.37. The van der Waals surface area contributed by atoms with Gasteiger partial charge in [0, 0.05) is 17.8 Å². The Morgan fingerprint density at radius 2 is 2.62 bits per heavy atom. The Morgan fingerprint density at radius 3 is 3.08 bits per heavy atom. The van der Waals surface area contributed by atoms with E-state index in [9.17, 15) is 4.79 Å². The molecule has 1 aromatic heterocycles. The Kier molecular flexibility index (Phi) is 3.85. The summed E-state index contributed by atoms with van der Waals surface area (Å²) in [5.41, 5.74) is 8.13. The van der Waals surface area contributed by atoms with Gasteiger partial charge in [-0.3, -0.25) is 4.79 Å². The van der Waals surface area contributed by atoms with E-state index in [1.54, 1.807) is 5.51 Å². The number of methoxy groups -OCH3 is 1. The van der Waals surface area contributed by atoms with Crippen LogP contribution in [0.4, 0.5) is 0 Å². The van der Waals surface area contributed by atoms with Crippen LogP contribution in [-0.4, -0.2) is 24.6 Å². The van der Waals surface area contributed by atoms with Crippen LogP contribution in [0.3, 0.4) is 0 Å². The van der Waals surface area contributed by atoms with Crippen molar-refractivity contribution >= 4 is 17.3 Å². The molecule has 1 atom stereocenters. The van der Waals surface area contributed by atoms with Crippen molar-refractivity contribution < 1.29 is 9.53 Å². The molecule has 0 aliphatic carbocycles. The Bertz CT molecular complexity index is 261. The third kappa shape index (κ3) is 2.78. The van der Waals surface area contributed by atoms with E-state index in [0.717, 1.165) is 5.69 Å². The number of ether oxygens (including phenoxy) is 1. The summed E-state index contributed by atoms with van der Waals surface area (Å²) in [4.78, 5) is 15.1. The summed E-state index contributed by atoms with van der Waals surface area (Å²) in [6.07, 6.45) is 0.302. The number of thiazole rings is 1. The average Bonchev–Trinajstić information content (AvgIpc) is 2.66. The second kappa shape index (κ2) is 4.94. The highest BCUT2D eigenvalue weighted by Crippen LogP contribution is 2.18. The lowest BCUT2D eigenvalue weighted by molar-refractivity contribution is -0.141. The Hall–Kier alpha value is -0.940. The molecule has 5 heteroatoms. The summed E-state index contributed by atoms with van der Waals surface area (Å²) < 4.78 is 4.56. The SMILES string of the molecule is COC(=O)CC(CN)c1cscn1. The molecule has 4 nitrogen and oxygen atoms in total. The third-order valence-corrected chi connectivity index (χ3v) is 2.40. The maximum absolute atomic E-state index is 11.0. The van der Waals surface area contributed by atoms with Gasteiger partial charge in [-0.1, -0.05) is 0 Å². The fourth-order valence-electron chi connectivity index (χ4n) is 1.02. The predicted molar refractivity (Wildman–Crippen MR) is 50.5 cm³/mol. The van der Waals surface area contributed by atoms with Crippen molar-refractivity contribution in [3.8, 4) is 0 Å². The van der Waals surface area contributed by atoms with Gasteiger partial charge in [0.25, 0.3) is 0 Å². The minimum atomic E-state index is -0.247. The lowest BCUT2D eigenvalue weighted by Gasteiger charge is -2.09. The molecule has 0 radical (unpaired) electrons. The summed E-state index contributed by atoms with van der Waals surface area (Å²) in [6, 6.07) is 0. The van der Waals surface area contributed by atoms with E-state index in [2.05, 4.69) is 9.72 Å². The summed E-state index contributed by atoms with van der Waals surface area (Å²) in [5.74, 6) is -0.262. The van der Waals surface area contributed by atoms with Gasteiger partial charge in [-0.15, -0.1) is 11.3 Å². The largest absolute Gasteiger partial charge is 0.469 e. The second-order valence-electron chi connectivity index (χ2n) is 2.63. The van der Waals surface area contributed by atoms with Crippen molar-refractivity contribution in [1.82, 2.24) is 4.98 Å². The number of hydrogen-bond acceptors (Lipinski definition) is 5. The van der Waals surface area contributed by atoms with E-state index < -0.39 is 0 Å². The molecular weight excluding hydrogens is 188 g/mol. The van der Waals surface area contributed by atoms with Crippen molar-refractivity contribution in [2.75, 3.05) is 13.7 Å². The Morgan fingerprint density at radius 1 is 1.85 bits per heavy atom. The van der Waals surface area contributed by atoms with Gasteiger partial charge in [0.1, 0.15) is 0 Å². The third-order valence-electron chi connectivity index (χ3n) is 1.79. The van der Waals surface area contributed by atoms with Gasteiger partial charge in [-0.25, -0.2) is 4.98 Å². The molecule has 0 aliphatic rings. The van der Waals surface area contributed by atoms with Gasteiger partial charge in [-0.05, 0) is 0 Å². The number of carbonyl (C=O) groups excluding carboxylic acids is 1. The van der Waals surface area contributed by atoms with E-state index in [-0.39, 0.29) is 11.9 Å². The quantitative estimate of drug-likeness (QED) is 0.728. The molecule has 1 heterocycles. The lowest BCUT2D eigenvalue weighted by Crippen LogP contribution is -2.17. The minimum Gasteiger partial charge on any atom is -0.469 e. The molecule has 72 valence electrons. The molecule has 0 saturated heterocycles. The van der Waals surface area contributed by atoms with E-state index >= 15 is 0 Å². The Balaban J connectivity index is 2.58. The van der Waals surface area contributed by atoms with Crippen molar-refractivity contribution in [3.05, 3.63) is 16.6 Å². The number of hydrogen-bond donors (Lipinski definition) is 1. The van der Waals surface area contributed by atoms with Crippen molar-refractivity contribution in [1.29, 1.82) is 0 Å². The average molecular weight is 200 g/mol. The molecule has 2 N–H and O–H groups in total. The zero-order valence-electron chi connectivity index (χ0n) is 7.40. The van der Waals surface area contributed by atoms with Gasteiger partial charge < -0.3 is 10.5 Å². The van der Waals surface area contributed by atoms with Gasteiger partial charge in [0.05, 0.1) is 24.7 Å². The fraction of sp³-hybridized carbons (Fsp3) is 0.500. The summed E-state index contributed by atoms with van der Waals surface area (Å²) >= 11 is 1.50. The molecule has 0 aromatic carbocycles. The number of esters is 1. The molecule has 0 saturated carbocycles. The normalized spacial score (nSPS) is 12.5. The van der Waals surface area contributed by atoms with Crippen LogP contribution < -0.4 is 5.73 Å². The first-order chi connectivity index (χ1) is 6.27. The molecule has 0 fully saturated rings. The second-order valence-corrected chi connectivity index (χ2v) is 3.34. The van der Waals surface area contributed by atoms with Gasteiger partial charge in [-0.2, -0.15) is 0 Å². The highest BCUT2D eigenvalue weighted by atomic mass is 32.1. The van der Waals surface area contributed by atoms with Crippen LogP contribution in [0.2, 0.25) is 0 Å². The first kappa shape index (κ1) is 10.1. The topological polar surface area (TPSA) is 65.2 Å². The highest BCUT2D eigenvalue weighted by Gasteiger charge is 2.16. The van der Waals surface area contributed by atoms with Crippen LogP contribution in [-0.2, 0) is 9.53 Å². The van der Waals surface area contributed by atoms with Crippen LogP contribution in [0.15, 0.2) is 10.9 Å². The Labute approximate surface area is 80.7 Å². The fourth-order valence-corrected chi connectivity index (χ4v) is 1.65. The molecule has 0 spiro atoms. The van der Waals surface area contributed by atoms with Crippen molar-refractivity contribution in [2.24, 2.45) is 5.73 Å². The van der Waals surface area contributed by atoms with Crippen LogP contribution in [0.5, 0.6) is 0 Å². The maximum atomic E-state index is 11.0. The minimum absolute atomic E-state index is 0.0151. The van der Waals surface area contributed by atoms with Crippen LogP contribution >= 0.6 is 11.3 Å². The maximum Gasteiger partial charge on any atom is 0.306 e. The van der Waals surface area contributed by atoms with Crippen molar-refractivity contribution in [2.45, 2.75) is 12.3 Å². The van der Waals surface area contributed by atoms with E-state index in [4.69, 9.17) is 5.73 Å². The zero-order chi connectivity index (χ0) is 9.68. The van der Waals surface area contributed by atoms with E-state index in [0.29, 0.717) is 13.0 Å². The monoisotopic (exact) mass is 200 g/mol. The van der Waals surface area contributed by atoms with Crippen molar-refractivity contribution in [3.63, 3.8) is 0 Å². The first-order valence-electron chi connectivity index (χ1n) is 3.93. The van der Waals surface area contributed by atoms with Crippen LogP contribution in [0.1, 0.15) is 18.0 Å². The number of carbonyl (C=O) groups is 1. The number of rotatable bonds is 4. The summed E-state index contributed by atoms with van der Waals surface area (Å²) in [5, 5.41) is 1.90. The van der Waals surface area contributed by atoms with E-state index in [1.165, 1.54) is 18.4 Å². The molecule has 0 amide bonds. The zero-order valence-corrected chi connectivity index (χ0v) is 8.21. The van der Waals surface area contributed by atoms with Gasteiger partial charge in [0.15, 0.2) is 0 Å². The standard InChI is InChI=1S/C8H12N2O2S/c1-12-8(11)2-6(3-9)7-4-13-5-10-7/h4-6H,2-3,9H2,1H3. The first-order valence-corrected chi connectivity index (χ1v) is 4.87. The molecule has 1 unspecified atom stereocenters. The molecule has 13 heavy (non-hydrogen) atoms. The van der Waals surface area contributed by atoms with Gasteiger partial charge >= 0.3 is 5.97 Å². The molecule has 1 aromatic rings. The van der Waals surface area contributed by atoms with Crippen LogP contribution in [0, 0.1) is 0 Å². The number of aromatic nitrogens is 1. The molecule has 1 rings (SSSR count). The number of nitrogens with zero attached hydrogens (tertiary/aromatic N) is 1. The molecule has 0 bridgehead atoms. The smallest absolute Gasteiger partial charge is 0.306 e. The lowest BCUT2D eigenvalue weighted by atomic mass is 10.0. The number of nitrogens with two attached hydrogens (primary N) is 1. The highest BCUT2D eigenvalue weighted by molar-refractivity contribution is 7.07. The molecule has 0 aliphatic heterocycles. The predicted octanol–water partition coefficient (Wildman–Crippen LogP) is 0.748. The van der Waals surface area contributed by atoms with Crippen LogP contribution in [0.25, 0.3) is 0 Å². The van der Waals surface area contributed by atoms with E-state index in [1.807, 2.05) is 5.38 Å².